The maximum Gasteiger partial charge on any atom is 0.326 e. The molecule has 2 aliphatic heterocycles. The second-order valence-corrected chi connectivity index (χ2v) is 16.3. The van der Waals surface area contributed by atoms with Gasteiger partial charge in [-0.15, -0.1) is 0 Å². The van der Waals surface area contributed by atoms with Crippen molar-refractivity contribution in [1.29, 1.82) is 0 Å². The van der Waals surface area contributed by atoms with Crippen LogP contribution in [0, 0.1) is 5.82 Å². The molecule has 0 spiro atoms. The lowest BCUT2D eigenvalue weighted by Crippen LogP contribution is -2.54. The topological polar surface area (TPSA) is 103 Å². The van der Waals surface area contributed by atoms with Crippen molar-refractivity contribution in [3.05, 3.63) is 93.2 Å². The summed E-state index contributed by atoms with van der Waals surface area (Å²) in [6.45, 7) is 4.51. The average molecular weight is 739 g/mol. The molecule has 1 saturated heterocycles. The maximum absolute atomic E-state index is 15.5. The summed E-state index contributed by atoms with van der Waals surface area (Å²) in [5.41, 5.74) is 1.65. The van der Waals surface area contributed by atoms with Crippen LogP contribution in [-0.4, -0.2) is 109 Å². The minimum atomic E-state index is -4.23. The summed E-state index contributed by atoms with van der Waals surface area (Å²) in [4.78, 5) is 24.8. The molecule has 3 aromatic carbocycles. The van der Waals surface area contributed by atoms with Gasteiger partial charge < -0.3 is 9.64 Å². The number of rotatable bonds is 10. The van der Waals surface area contributed by atoms with Gasteiger partial charge in [0.15, 0.2) is 0 Å². The van der Waals surface area contributed by atoms with Crippen LogP contribution in [0.1, 0.15) is 35.7 Å². The Morgan fingerprint density at radius 2 is 1.58 bits per heavy atom. The molecule has 0 aromatic heterocycles. The van der Waals surface area contributed by atoms with E-state index in [0.717, 1.165) is 21.5 Å². The quantitative estimate of drug-likeness (QED) is 0.275. The predicted octanol–water partition coefficient (Wildman–Crippen LogP) is 5.44. The van der Waals surface area contributed by atoms with Gasteiger partial charge in [0.1, 0.15) is 28.3 Å². The number of ether oxygens (including phenoxy) is 1. The Labute approximate surface area is 293 Å². The van der Waals surface area contributed by atoms with E-state index in [-0.39, 0.29) is 29.8 Å². The molecule has 258 valence electrons. The Bertz CT molecular complexity index is 1800. The number of amidine groups is 1. The van der Waals surface area contributed by atoms with E-state index in [4.69, 9.17) is 32.9 Å². The molecule has 2 aliphatic rings. The number of carbonyl (C=O) groups is 1. The summed E-state index contributed by atoms with van der Waals surface area (Å²) in [6, 6.07) is 14.8. The Balaban J connectivity index is 1.69. The number of aliphatic imine (C=N–C) groups is 1. The van der Waals surface area contributed by atoms with Gasteiger partial charge in [-0.2, -0.15) is 0 Å². The number of nitrogens with zero attached hydrogens (tertiary/aromatic N) is 5. The maximum atomic E-state index is 15.5. The van der Waals surface area contributed by atoms with Crippen LogP contribution >= 0.6 is 23.2 Å². The number of sulfonamides is 1. The van der Waals surface area contributed by atoms with E-state index in [9.17, 15) is 17.4 Å². The summed E-state index contributed by atoms with van der Waals surface area (Å²) in [6.07, 6.45) is 1.67. The first-order valence-corrected chi connectivity index (χ1v) is 19.3. The van der Waals surface area contributed by atoms with Crippen molar-refractivity contribution in [1.82, 2.24) is 19.0 Å². The van der Waals surface area contributed by atoms with E-state index in [1.165, 1.54) is 20.2 Å². The third-order valence-electron chi connectivity index (χ3n) is 8.37. The number of amides is 2. The Morgan fingerprint density at radius 1 is 1.00 bits per heavy atom. The van der Waals surface area contributed by atoms with E-state index < -0.39 is 43.6 Å². The van der Waals surface area contributed by atoms with Crippen LogP contribution < -0.4 is 4.74 Å². The summed E-state index contributed by atoms with van der Waals surface area (Å²) in [5.74, 6) is -0.253. The van der Waals surface area contributed by atoms with E-state index >= 15 is 4.39 Å². The SMILES string of the molecule is CCOc1cc(F)c(S(=O)(=O)N(C)C)cc1C1=N[C@@H](c2ccc(Cl)cc2)[C@@H](c2ccc(Cl)cc2)N1C(=O)N1CCN(CCS(C)=O)CC1. The molecule has 1 fully saturated rings. The fourth-order valence-electron chi connectivity index (χ4n) is 5.81. The molecule has 48 heavy (non-hydrogen) atoms. The molecule has 0 saturated carbocycles. The van der Waals surface area contributed by atoms with Crippen LogP contribution in [-0.2, 0) is 20.8 Å². The number of hydrogen-bond acceptors (Lipinski definition) is 7. The molecule has 0 aliphatic carbocycles. The highest BCUT2D eigenvalue weighted by atomic mass is 35.5. The molecule has 15 heteroatoms. The number of piperazine rings is 1. The smallest absolute Gasteiger partial charge is 0.326 e. The van der Waals surface area contributed by atoms with E-state index in [0.29, 0.717) is 48.5 Å². The molecular weight excluding hydrogens is 700 g/mol. The third kappa shape index (κ3) is 7.71. The Morgan fingerprint density at radius 3 is 2.12 bits per heavy atom. The zero-order valence-corrected chi connectivity index (χ0v) is 30.3. The Hall–Kier alpha value is -3.07. The van der Waals surface area contributed by atoms with Crippen molar-refractivity contribution >= 4 is 55.9 Å². The Kier molecular flexibility index (Phi) is 11.5. The zero-order chi connectivity index (χ0) is 34.7. The standard InChI is InChI=1S/C33H38Cl2FN5O5S2/c1-5-46-28-21-27(36)29(48(44,45)38(2)3)20-26(28)32-37-30(22-6-10-24(34)11-7-22)31(23-8-12-25(35)13-9-23)41(32)33(42)40-16-14-39(15-17-40)18-19-47(4)43/h6-13,20-21,30-31H,5,14-19H2,1-4H3/t30-,31+,47?/m0/s1. The van der Waals surface area contributed by atoms with Gasteiger partial charge in [-0.1, -0.05) is 47.5 Å². The zero-order valence-electron chi connectivity index (χ0n) is 27.1. The fourth-order valence-corrected chi connectivity index (χ4v) is 7.54. The summed E-state index contributed by atoms with van der Waals surface area (Å²) >= 11 is 12.5. The lowest BCUT2D eigenvalue weighted by molar-refractivity contribution is 0.122. The van der Waals surface area contributed by atoms with Crippen molar-refractivity contribution in [3.8, 4) is 5.75 Å². The number of hydrogen-bond donors (Lipinski definition) is 0. The highest BCUT2D eigenvalue weighted by Gasteiger charge is 2.45. The summed E-state index contributed by atoms with van der Waals surface area (Å²) in [5, 5.41) is 1.04. The molecule has 2 amide bonds. The molecule has 0 radical (unpaired) electrons. The molecule has 5 rings (SSSR count). The van der Waals surface area contributed by atoms with Crippen molar-refractivity contribution in [2.75, 3.05) is 65.4 Å². The second kappa shape index (κ2) is 15.2. The van der Waals surface area contributed by atoms with Gasteiger partial charge in [-0.25, -0.2) is 21.9 Å². The summed E-state index contributed by atoms with van der Waals surface area (Å²) in [7, 11) is -2.52. The van der Waals surface area contributed by atoms with Gasteiger partial charge in [-0.3, -0.25) is 19.0 Å². The fraction of sp³-hybridized carbons (Fsp3) is 0.394. The van der Waals surface area contributed by atoms with Gasteiger partial charge in [0.25, 0.3) is 0 Å². The van der Waals surface area contributed by atoms with E-state index in [2.05, 4.69) is 4.90 Å². The molecule has 2 heterocycles. The van der Waals surface area contributed by atoms with Gasteiger partial charge in [0.05, 0.1) is 18.2 Å². The van der Waals surface area contributed by atoms with Crippen molar-refractivity contribution in [3.63, 3.8) is 0 Å². The molecule has 1 unspecified atom stereocenters. The molecule has 0 bridgehead atoms. The number of urea groups is 1. The lowest BCUT2D eigenvalue weighted by atomic mass is 9.93. The first kappa shape index (κ1) is 36.2. The normalized spacial score (nSPS) is 19.5. The van der Waals surface area contributed by atoms with E-state index in [1.807, 2.05) is 24.3 Å². The minimum Gasteiger partial charge on any atom is -0.493 e. The number of benzene rings is 3. The molecule has 3 atom stereocenters. The number of carbonyl (C=O) groups excluding carboxylic acids is 1. The predicted molar refractivity (Wildman–Crippen MR) is 188 cm³/mol. The van der Waals surface area contributed by atoms with Crippen LogP contribution in [0.2, 0.25) is 10.0 Å². The van der Waals surface area contributed by atoms with Gasteiger partial charge in [0.2, 0.25) is 10.0 Å². The van der Waals surface area contributed by atoms with Crippen molar-refractivity contribution < 1.29 is 26.5 Å². The highest BCUT2D eigenvalue weighted by Crippen LogP contribution is 2.46. The van der Waals surface area contributed by atoms with Gasteiger partial charge in [0, 0.05) is 85.7 Å². The molecule has 3 aromatic rings. The van der Waals surface area contributed by atoms with Gasteiger partial charge in [-0.05, 0) is 48.4 Å². The molecule has 0 N–H and O–H groups in total. The first-order chi connectivity index (χ1) is 22.8. The minimum absolute atomic E-state index is 0.0493. The van der Waals surface area contributed by atoms with Crippen molar-refractivity contribution in [2.45, 2.75) is 23.9 Å². The van der Waals surface area contributed by atoms with Crippen LogP contribution in [0.4, 0.5) is 9.18 Å². The van der Waals surface area contributed by atoms with E-state index in [1.54, 1.807) is 47.2 Å². The second-order valence-electron chi connectivity index (χ2n) is 11.7. The number of halogens is 3. The first-order valence-electron chi connectivity index (χ1n) is 15.4. The summed E-state index contributed by atoms with van der Waals surface area (Å²) < 4.78 is 60.5. The molecule has 10 nitrogen and oxygen atoms in total. The van der Waals surface area contributed by atoms with Crippen LogP contribution in [0.5, 0.6) is 5.75 Å². The lowest BCUT2D eigenvalue weighted by Gasteiger charge is -2.39. The largest absolute Gasteiger partial charge is 0.493 e. The van der Waals surface area contributed by atoms with Crippen molar-refractivity contribution in [2.24, 2.45) is 4.99 Å². The highest BCUT2D eigenvalue weighted by molar-refractivity contribution is 7.89. The van der Waals surface area contributed by atoms with Crippen LogP contribution in [0.25, 0.3) is 0 Å². The van der Waals surface area contributed by atoms with Crippen LogP contribution in [0.3, 0.4) is 0 Å². The molecular formula is C33H38Cl2FN5O5S2. The average Bonchev–Trinajstić information content (AvgIpc) is 3.44. The van der Waals surface area contributed by atoms with Gasteiger partial charge >= 0.3 is 6.03 Å². The third-order valence-corrected chi connectivity index (χ3v) is 11.5. The van der Waals surface area contributed by atoms with Crippen LogP contribution in [0.15, 0.2) is 70.6 Å². The monoisotopic (exact) mass is 737 g/mol.